The molecule has 2 aliphatic rings. The van der Waals surface area contributed by atoms with Gasteiger partial charge in [0.1, 0.15) is 12.4 Å². The van der Waals surface area contributed by atoms with E-state index in [1.165, 1.54) is 12.8 Å². The predicted octanol–water partition coefficient (Wildman–Crippen LogP) is 3.95. The van der Waals surface area contributed by atoms with Crippen LogP contribution in [0.1, 0.15) is 30.9 Å². The normalized spacial score (nSPS) is 18.7. The van der Waals surface area contributed by atoms with Crippen molar-refractivity contribution >= 4 is 17.7 Å². The number of hydrogen-bond acceptors (Lipinski definition) is 4. The van der Waals surface area contributed by atoms with E-state index >= 15 is 0 Å². The summed E-state index contributed by atoms with van der Waals surface area (Å²) in [5.74, 6) is 1.30. The molecule has 0 spiro atoms. The van der Waals surface area contributed by atoms with Crippen LogP contribution in [0.5, 0.6) is 5.75 Å². The van der Waals surface area contributed by atoms with Crippen LogP contribution in [0.15, 0.2) is 48.5 Å². The van der Waals surface area contributed by atoms with Crippen molar-refractivity contribution in [3.8, 4) is 5.75 Å². The van der Waals surface area contributed by atoms with E-state index in [0.717, 1.165) is 17.7 Å². The van der Waals surface area contributed by atoms with Gasteiger partial charge in [-0.05, 0) is 49.4 Å². The number of fused-ring (bicyclic) bond motifs is 1. The van der Waals surface area contributed by atoms with Crippen molar-refractivity contribution in [2.24, 2.45) is 5.92 Å². The van der Waals surface area contributed by atoms with Gasteiger partial charge < -0.3 is 14.4 Å². The second kappa shape index (κ2) is 7.92. The molecule has 0 aromatic heterocycles. The molecule has 6 nitrogen and oxygen atoms in total. The van der Waals surface area contributed by atoms with Gasteiger partial charge in [-0.1, -0.05) is 30.3 Å². The molecule has 2 aromatic carbocycles. The number of nitrogens with zero attached hydrogens (tertiary/aromatic N) is 1. The maximum atomic E-state index is 12.6. The smallest absolute Gasteiger partial charge is 0.411 e. The molecule has 2 amide bonds. The molecule has 1 heterocycles. The number of carbonyl (C=O) groups excluding carboxylic acids is 2. The van der Waals surface area contributed by atoms with Crippen LogP contribution in [0.2, 0.25) is 0 Å². The average Bonchev–Trinajstić information content (AvgIpc) is 3.52. The standard InChI is InChI=1S/C22H24N2O4/c1-15-21(25)24(12-16-7-8-16)13-18-11-19(9-10-20(18)28-15)23-22(26)27-14-17-5-3-2-4-6-17/h2-6,9-11,15-16H,7-8,12-14H2,1H3,(H,23,26). The number of ether oxygens (including phenoxy) is 2. The summed E-state index contributed by atoms with van der Waals surface area (Å²) in [6, 6.07) is 14.9. The van der Waals surface area contributed by atoms with Crippen LogP contribution in [-0.2, 0) is 22.7 Å². The van der Waals surface area contributed by atoms with Crippen molar-refractivity contribution in [2.75, 3.05) is 11.9 Å². The topological polar surface area (TPSA) is 67.9 Å². The molecule has 146 valence electrons. The molecule has 28 heavy (non-hydrogen) atoms. The lowest BCUT2D eigenvalue weighted by atomic mass is 10.1. The molecular weight excluding hydrogens is 356 g/mol. The minimum Gasteiger partial charge on any atom is -0.481 e. The highest BCUT2D eigenvalue weighted by molar-refractivity contribution is 5.85. The molecule has 1 unspecified atom stereocenters. The van der Waals surface area contributed by atoms with Gasteiger partial charge in [0.2, 0.25) is 0 Å². The molecule has 2 aromatic rings. The molecule has 1 aliphatic carbocycles. The van der Waals surface area contributed by atoms with Gasteiger partial charge in [-0.15, -0.1) is 0 Å². The lowest BCUT2D eigenvalue weighted by molar-refractivity contribution is -0.137. The minimum atomic E-state index is -0.516. The number of carbonyl (C=O) groups is 2. The fraction of sp³-hybridized carbons (Fsp3) is 0.364. The van der Waals surface area contributed by atoms with E-state index in [-0.39, 0.29) is 12.5 Å². The Bertz CT molecular complexity index is 864. The summed E-state index contributed by atoms with van der Waals surface area (Å²) < 4.78 is 11.1. The lowest BCUT2D eigenvalue weighted by Crippen LogP contribution is -2.39. The maximum absolute atomic E-state index is 12.6. The summed E-state index contributed by atoms with van der Waals surface area (Å²) in [5.41, 5.74) is 2.43. The maximum Gasteiger partial charge on any atom is 0.411 e. The Labute approximate surface area is 164 Å². The van der Waals surface area contributed by atoms with E-state index < -0.39 is 12.2 Å². The third-order valence-corrected chi connectivity index (χ3v) is 5.02. The third kappa shape index (κ3) is 4.44. The van der Waals surface area contributed by atoms with Gasteiger partial charge >= 0.3 is 6.09 Å². The Morgan fingerprint density at radius 3 is 2.75 bits per heavy atom. The second-order valence-electron chi connectivity index (χ2n) is 7.43. The monoisotopic (exact) mass is 380 g/mol. The Hall–Kier alpha value is -3.02. The van der Waals surface area contributed by atoms with Crippen LogP contribution < -0.4 is 10.1 Å². The number of rotatable bonds is 5. The largest absolute Gasteiger partial charge is 0.481 e. The fourth-order valence-corrected chi connectivity index (χ4v) is 3.32. The Morgan fingerprint density at radius 1 is 1.21 bits per heavy atom. The highest BCUT2D eigenvalue weighted by Crippen LogP contribution is 2.33. The molecule has 0 saturated heterocycles. The molecule has 1 saturated carbocycles. The molecule has 1 N–H and O–H groups in total. The van der Waals surface area contributed by atoms with Gasteiger partial charge in [0, 0.05) is 24.3 Å². The number of benzene rings is 2. The van der Waals surface area contributed by atoms with Gasteiger partial charge in [0.25, 0.3) is 5.91 Å². The van der Waals surface area contributed by atoms with Crippen LogP contribution in [0.3, 0.4) is 0 Å². The van der Waals surface area contributed by atoms with Crippen molar-refractivity contribution < 1.29 is 19.1 Å². The van der Waals surface area contributed by atoms with Crippen molar-refractivity contribution in [1.82, 2.24) is 4.90 Å². The first-order chi connectivity index (χ1) is 13.6. The van der Waals surface area contributed by atoms with Crippen molar-refractivity contribution in [3.05, 3.63) is 59.7 Å². The van der Waals surface area contributed by atoms with Crippen LogP contribution >= 0.6 is 0 Å². The molecule has 1 atom stereocenters. The van der Waals surface area contributed by atoms with E-state index in [1.54, 1.807) is 19.1 Å². The third-order valence-electron chi connectivity index (χ3n) is 5.02. The summed E-state index contributed by atoms with van der Waals surface area (Å²) in [6.45, 7) is 3.25. The van der Waals surface area contributed by atoms with E-state index in [4.69, 9.17) is 9.47 Å². The highest BCUT2D eigenvalue weighted by atomic mass is 16.5. The SMILES string of the molecule is CC1Oc2ccc(NC(=O)OCc3ccccc3)cc2CN(CC2CC2)C1=O. The van der Waals surface area contributed by atoms with Gasteiger partial charge in [-0.3, -0.25) is 10.1 Å². The number of nitrogens with one attached hydrogen (secondary N) is 1. The molecular formula is C22H24N2O4. The van der Waals surface area contributed by atoms with E-state index in [0.29, 0.717) is 23.9 Å². The summed E-state index contributed by atoms with van der Waals surface area (Å²) in [5, 5.41) is 2.75. The van der Waals surface area contributed by atoms with Crippen LogP contribution in [-0.4, -0.2) is 29.5 Å². The van der Waals surface area contributed by atoms with E-state index in [2.05, 4.69) is 5.32 Å². The van der Waals surface area contributed by atoms with Crippen molar-refractivity contribution in [1.29, 1.82) is 0 Å². The van der Waals surface area contributed by atoms with Crippen LogP contribution in [0, 0.1) is 5.92 Å². The summed E-state index contributed by atoms with van der Waals surface area (Å²) in [4.78, 5) is 26.6. The van der Waals surface area contributed by atoms with E-state index in [1.807, 2.05) is 41.3 Å². The van der Waals surface area contributed by atoms with Gasteiger partial charge in [-0.2, -0.15) is 0 Å². The first-order valence-corrected chi connectivity index (χ1v) is 9.64. The zero-order valence-electron chi connectivity index (χ0n) is 15.9. The van der Waals surface area contributed by atoms with Gasteiger partial charge in [0.05, 0.1) is 0 Å². The predicted molar refractivity (Wildman–Crippen MR) is 105 cm³/mol. The zero-order valence-corrected chi connectivity index (χ0v) is 15.9. The Kier molecular flexibility index (Phi) is 5.19. The van der Waals surface area contributed by atoms with Crippen LogP contribution in [0.4, 0.5) is 10.5 Å². The minimum absolute atomic E-state index is 0.0138. The summed E-state index contributed by atoms with van der Waals surface area (Å²) in [7, 11) is 0. The molecule has 4 rings (SSSR count). The highest BCUT2D eigenvalue weighted by Gasteiger charge is 2.32. The van der Waals surface area contributed by atoms with E-state index in [9.17, 15) is 9.59 Å². The average molecular weight is 380 g/mol. The van der Waals surface area contributed by atoms with Gasteiger partial charge in [0.15, 0.2) is 6.10 Å². The zero-order chi connectivity index (χ0) is 19.5. The summed E-state index contributed by atoms with van der Waals surface area (Å²) >= 11 is 0. The fourth-order valence-electron chi connectivity index (χ4n) is 3.32. The molecule has 1 aliphatic heterocycles. The summed E-state index contributed by atoms with van der Waals surface area (Å²) in [6.07, 6.45) is 1.34. The lowest BCUT2D eigenvalue weighted by Gasteiger charge is -2.21. The second-order valence-corrected chi connectivity index (χ2v) is 7.43. The number of amides is 2. The number of anilines is 1. The Balaban J connectivity index is 1.42. The Morgan fingerprint density at radius 2 is 2.00 bits per heavy atom. The molecule has 6 heteroatoms. The van der Waals surface area contributed by atoms with Crippen LogP contribution in [0.25, 0.3) is 0 Å². The van der Waals surface area contributed by atoms with Crippen molar-refractivity contribution in [2.45, 2.75) is 39.0 Å². The first-order valence-electron chi connectivity index (χ1n) is 9.64. The molecule has 0 bridgehead atoms. The van der Waals surface area contributed by atoms with Gasteiger partial charge in [-0.25, -0.2) is 4.79 Å². The van der Waals surface area contributed by atoms with Crippen molar-refractivity contribution in [3.63, 3.8) is 0 Å². The number of hydrogen-bond donors (Lipinski definition) is 1. The molecule has 0 radical (unpaired) electrons. The first kappa shape index (κ1) is 18.3. The molecule has 1 fully saturated rings. The quantitative estimate of drug-likeness (QED) is 0.853.